The van der Waals surface area contributed by atoms with Gasteiger partial charge in [-0.3, -0.25) is 4.90 Å². The van der Waals surface area contributed by atoms with E-state index in [1.54, 1.807) is 0 Å². The van der Waals surface area contributed by atoms with Crippen LogP contribution in [0, 0.1) is 12.3 Å². The van der Waals surface area contributed by atoms with Crippen molar-refractivity contribution >= 4 is 0 Å². The molecule has 58 valence electrons. The van der Waals surface area contributed by atoms with E-state index in [0.717, 1.165) is 13.0 Å². The van der Waals surface area contributed by atoms with Crippen molar-refractivity contribution in [2.45, 2.75) is 24.8 Å². The van der Waals surface area contributed by atoms with E-state index in [4.69, 9.17) is 6.42 Å². The topological polar surface area (TPSA) is 3.24 Å². The monoisotopic (exact) mass is 147 g/mol. The Bertz CT molecular complexity index is 236. The van der Waals surface area contributed by atoms with Crippen molar-refractivity contribution in [1.82, 2.24) is 4.90 Å². The lowest BCUT2D eigenvalue weighted by atomic mass is 9.94. The van der Waals surface area contributed by atoms with Crippen LogP contribution < -0.4 is 0 Å². The molecule has 0 amide bonds. The van der Waals surface area contributed by atoms with Crippen molar-refractivity contribution in [2.24, 2.45) is 0 Å². The second-order valence-corrected chi connectivity index (χ2v) is 3.63. The lowest BCUT2D eigenvalue weighted by Gasteiger charge is -2.24. The van der Waals surface area contributed by atoms with Crippen molar-refractivity contribution in [3.05, 3.63) is 12.2 Å². The summed E-state index contributed by atoms with van der Waals surface area (Å²) in [5, 5.41) is 0. The van der Waals surface area contributed by atoms with Crippen LogP contribution in [0.2, 0.25) is 0 Å². The van der Waals surface area contributed by atoms with Crippen LogP contribution in [0.1, 0.15) is 19.3 Å². The number of hydrogen-bond acceptors (Lipinski definition) is 1. The van der Waals surface area contributed by atoms with Gasteiger partial charge >= 0.3 is 0 Å². The number of nitrogens with zero attached hydrogens (tertiary/aromatic N) is 1. The van der Waals surface area contributed by atoms with E-state index in [0.29, 0.717) is 0 Å². The van der Waals surface area contributed by atoms with Gasteiger partial charge in [0.15, 0.2) is 0 Å². The third-order valence-corrected chi connectivity index (χ3v) is 2.85. The second kappa shape index (κ2) is 2.12. The predicted molar refractivity (Wildman–Crippen MR) is 46.1 cm³/mol. The summed E-state index contributed by atoms with van der Waals surface area (Å²) in [5.41, 5.74) is 1.39. The predicted octanol–water partition coefficient (Wildman–Crippen LogP) is 1.41. The Morgan fingerprint density at radius 3 is 3.09 bits per heavy atom. The maximum atomic E-state index is 5.54. The highest BCUT2D eigenvalue weighted by molar-refractivity contribution is 5.28. The highest BCUT2D eigenvalue weighted by atomic mass is 15.2. The Labute approximate surface area is 68.1 Å². The fourth-order valence-electron chi connectivity index (χ4n) is 2.32. The van der Waals surface area contributed by atoms with Crippen LogP contribution in [0.15, 0.2) is 12.2 Å². The molecule has 2 rings (SSSR count). The van der Waals surface area contributed by atoms with Gasteiger partial charge in [-0.15, -0.1) is 6.42 Å². The molecule has 2 saturated heterocycles. The minimum Gasteiger partial charge on any atom is -0.283 e. The van der Waals surface area contributed by atoms with E-state index < -0.39 is 0 Å². The summed E-state index contributed by atoms with van der Waals surface area (Å²) in [5.74, 6) is 2.93. The summed E-state index contributed by atoms with van der Waals surface area (Å²) < 4.78 is 0. The zero-order valence-electron chi connectivity index (χ0n) is 6.77. The van der Waals surface area contributed by atoms with Gasteiger partial charge in [0.25, 0.3) is 0 Å². The average Bonchev–Trinajstić information content (AvgIpc) is 2.43. The first kappa shape index (κ1) is 6.94. The molecule has 0 aromatic carbocycles. The average molecular weight is 147 g/mol. The molecule has 0 aliphatic carbocycles. The highest BCUT2D eigenvalue weighted by Crippen LogP contribution is 2.39. The molecule has 1 unspecified atom stereocenters. The minimum atomic E-state index is 0.0804. The van der Waals surface area contributed by atoms with Gasteiger partial charge in [-0.05, 0) is 19.3 Å². The van der Waals surface area contributed by atoms with Crippen molar-refractivity contribution in [1.29, 1.82) is 0 Å². The van der Waals surface area contributed by atoms with Crippen LogP contribution in [0.5, 0.6) is 0 Å². The van der Waals surface area contributed by atoms with Crippen LogP contribution >= 0.6 is 0 Å². The lowest BCUT2D eigenvalue weighted by Crippen LogP contribution is -2.36. The quantitative estimate of drug-likeness (QED) is 0.370. The molecule has 1 nitrogen and oxygen atoms in total. The summed E-state index contributed by atoms with van der Waals surface area (Å²) in [6.07, 6.45) is 9.00. The van der Waals surface area contributed by atoms with Gasteiger partial charge in [0, 0.05) is 13.1 Å². The van der Waals surface area contributed by atoms with Crippen LogP contribution in [-0.4, -0.2) is 23.5 Å². The molecule has 0 aromatic heterocycles. The fraction of sp³-hybridized carbons (Fsp3) is 0.600. The van der Waals surface area contributed by atoms with Crippen molar-refractivity contribution < 1.29 is 0 Å². The molecule has 1 heteroatoms. The van der Waals surface area contributed by atoms with E-state index in [2.05, 4.69) is 17.4 Å². The molecule has 0 N–H and O–H groups in total. The van der Waals surface area contributed by atoms with E-state index in [-0.39, 0.29) is 5.54 Å². The number of hydrogen-bond donors (Lipinski definition) is 0. The zero-order valence-corrected chi connectivity index (χ0v) is 6.77. The Kier molecular flexibility index (Phi) is 1.34. The standard InChI is InChI=1S/C10H13N/c1-3-10-5-4-6-11(10)8-9(2)7-10/h1H,2,4-8H2. The summed E-state index contributed by atoms with van der Waals surface area (Å²) >= 11 is 0. The van der Waals surface area contributed by atoms with Gasteiger partial charge in [0.2, 0.25) is 0 Å². The smallest absolute Gasteiger partial charge is 0.0864 e. The summed E-state index contributed by atoms with van der Waals surface area (Å²) in [4.78, 5) is 2.40. The maximum Gasteiger partial charge on any atom is 0.0864 e. The van der Waals surface area contributed by atoms with Crippen LogP contribution in [0.25, 0.3) is 0 Å². The molecule has 0 saturated carbocycles. The third kappa shape index (κ3) is 0.829. The largest absolute Gasteiger partial charge is 0.283 e. The molecule has 0 radical (unpaired) electrons. The van der Waals surface area contributed by atoms with Crippen molar-refractivity contribution in [2.75, 3.05) is 13.1 Å². The number of rotatable bonds is 0. The Morgan fingerprint density at radius 2 is 2.45 bits per heavy atom. The molecule has 1 atom stereocenters. The van der Waals surface area contributed by atoms with Crippen molar-refractivity contribution in [3.63, 3.8) is 0 Å². The zero-order chi connectivity index (χ0) is 7.90. The number of fused-ring (bicyclic) bond motifs is 1. The molecule has 2 aliphatic heterocycles. The minimum absolute atomic E-state index is 0.0804. The van der Waals surface area contributed by atoms with Crippen LogP contribution in [0.3, 0.4) is 0 Å². The van der Waals surface area contributed by atoms with Gasteiger partial charge in [-0.1, -0.05) is 18.1 Å². The number of terminal acetylenes is 1. The third-order valence-electron chi connectivity index (χ3n) is 2.85. The van der Waals surface area contributed by atoms with E-state index in [9.17, 15) is 0 Å². The van der Waals surface area contributed by atoms with Crippen molar-refractivity contribution in [3.8, 4) is 12.3 Å². The molecule has 11 heavy (non-hydrogen) atoms. The normalized spacial score (nSPS) is 37.2. The molecule has 2 fully saturated rings. The lowest BCUT2D eigenvalue weighted by molar-refractivity contribution is 0.261. The van der Waals surface area contributed by atoms with Gasteiger partial charge in [-0.2, -0.15) is 0 Å². The maximum absolute atomic E-state index is 5.54. The molecule has 0 aromatic rings. The molecule has 2 aliphatic rings. The van der Waals surface area contributed by atoms with Gasteiger partial charge in [0.05, 0.1) is 5.54 Å². The van der Waals surface area contributed by atoms with E-state index in [1.807, 2.05) is 0 Å². The Balaban J connectivity index is 2.30. The summed E-state index contributed by atoms with van der Waals surface area (Å²) in [7, 11) is 0. The molecular weight excluding hydrogens is 134 g/mol. The molecular formula is C10H13N. The second-order valence-electron chi connectivity index (χ2n) is 3.63. The van der Waals surface area contributed by atoms with E-state index >= 15 is 0 Å². The fourth-order valence-corrected chi connectivity index (χ4v) is 2.32. The first-order chi connectivity index (χ1) is 5.27. The van der Waals surface area contributed by atoms with Crippen LogP contribution in [-0.2, 0) is 0 Å². The molecule has 0 spiro atoms. The van der Waals surface area contributed by atoms with Gasteiger partial charge < -0.3 is 0 Å². The van der Waals surface area contributed by atoms with Crippen LogP contribution in [0.4, 0.5) is 0 Å². The first-order valence-electron chi connectivity index (χ1n) is 4.16. The SMILES string of the molecule is C#CC12CCCN1CC(=C)C2. The first-order valence-corrected chi connectivity index (χ1v) is 4.16. The van der Waals surface area contributed by atoms with Gasteiger partial charge in [0.1, 0.15) is 0 Å². The summed E-state index contributed by atoms with van der Waals surface area (Å²) in [6.45, 7) is 6.19. The molecule has 2 heterocycles. The Morgan fingerprint density at radius 1 is 1.64 bits per heavy atom. The summed E-state index contributed by atoms with van der Waals surface area (Å²) in [6, 6.07) is 0. The van der Waals surface area contributed by atoms with Gasteiger partial charge in [-0.25, -0.2) is 0 Å². The highest BCUT2D eigenvalue weighted by Gasteiger charge is 2.44. The van der Waals surface area contributed by atoms with E-state index in [1.165, 1.54) is 25.0 Å². The molecule has 0 bridgehead atoms. The Hall–Kier alpha value is -0.740.